The molecule has 1 heterocycles. The Balaban J connectivity index is 2.06. The van der Waals surface area contributed by atoms with Crippen LogP contribution in [0.15, 0.2) is 0 Å². The molecule has 3 nitrogen and oxygen atoms in total. The van der Waals surface area contributed by atoms with Crippen LogP contribution in [0.3, 0.4) is 0 Å². The van der Waals surface area contributed by atoms with Gasteiger partial charge in [0, 0.05) is 19.7 Å². The van der Waals surface area contributed by atoms with Crippen LogP contribution in [0.2, 0.25) is 0 Å². The fourth-order valence-electron chi connectivity index (χ4n) is 2.93. The molecule has 0 spiro atoms. The maximum atomic E-state index is 5.68. The van der Waals surface area contributed by atoms with Crippen molar-refractivity contribution < 1.29 is 4.74 Å². The monoisotopic (exact) mass is 256 g/mol. The molecule has 0 saturated carbocycles. The normalized spacial score (nSPS) is 20.2. The summed E-state index contributed by atoms with van der Waals surface area (Å²) in [6, 6.07) is 0. The first-order valence-electron chi connectivity index (χ1n) is 7.84. The largest absolute Gasteiger partial charge is 0.378 e. The van der Waals surface area contributed by atoms with Crippen molar-refractivity contribution in [1.82, 2.24) is 4.90 Å². The lowest BCUT2D eigenvalue weighted by Crippen LogP contribution is -2.37. The van der Waals surface area contributed by atoms with Gasteiger partial charge in [-0.05, 0) is 58.0 Å². The summed E-state index contributed by atoms with van der Waals surface area (Å²) in [5, 5.41) is 0. The van der Waals surface area contributed by atoms with E-state index in [-0.39, 0.29) is 0 Å². The zero-order valence-corrected chi connectivity index (χ0v) is 12.4. The van der Waals surface area contributed by atoms with E-state index < -0.39 is 0 Å². The molecular formula is C15H32N2O. The molecule has 1 aliphatic rings. The second-order valence-electron chi connectivity index (χ2n) is 5.49. The van der Waals surface area contributed by atoms with Gasteiger partial charge in [0.1, 0.15) is 0 Å². The number of ether oxygens (including phenoxy) is 1. The molecule has 2 N–H and O–H groups in total. The highest BCUT2D eigenvalue weighted by Gasteiger charge is 2.18. The summed E-state index contributed by atoms with van der Waals surface area (Å²) in [7, 11) is 0. The molecule has 0 aromatic carbocycles. The average Bonchev–Trinajstić information content (AvgIpc) is 2.40. The van der Waals surface area contributed by atoms with Crippen LogP contribution in [-0.4, -0.2) is 43.8 Å². The summed E-state index contributed by atoms with van der Waals surface area (Å²) in [6.45, 7) is 9.79. The summed E-state index contributed by atoms with van der Waals surface area (Å²) < 4.78 is 5.68. The highest BCUT2D eigenvalue weighted by atomic mass is 16.5. The number of hydrogen-bond donors (Lipinski definition) is 1. The van der Waals surface area contributed by atoms with E-state index in [4.69, 9.17) is 10.5 Å². The zero-order valence-electron chi connectivity index (χ0n) is 12.4. The summed E-state index contributed by atoms with van der Waals surface area (Å²) in [5.74, 6) is 0.843. The summed E-state index contributed by atoms with van der Waals surface area (Å²) in [5.41, 5.74) is 5.64. The fraction of sp³-hybridized carbons (Fsp3) is 1.00. The number of nitrogens with two attached hydrogens (primary N) is 1. The zero-order chi connectivity index (χ0) is 13.2. The van der Waals surface area contributed by atoms with Gasteiger partial charge in [-0.1, -0.05) is 13.3 Å². The number of nitrogens with zero attached hydrogens (tertiary/aromatic N) is 1. The van der Waals surface area contributed by atoms with Gasteiger partial charge in [-0.2, -0.15) is 0 Å². The molecule has 0 aromatic rings. The molecule has 0 aromatic heterocycles. The van der Waals surface area contributed by atoms with Gasteiger partial charge >= 0.3 is 0 Å². The first-order chi connectivity index (χ1) is 8.80. The molecular weight excluding hydrogens is 224 g/mol. The molecule has 0 radical (unpaired) electrons. The Labute approximate surface area is 113 Å². The molecule has 0 amide bonds. The van der Waals surface area contributed by atoms with Crippen LogP contribution < -0.4 is 5.73 Å². The van der Waals surface area contributed by atoms with E-state index in [0.29, 0.717) is 6.10 Å². The molecule has 1 atom stereocenters. The minimum atomic E-state index is 0.520. The van der Waals surface area contributed by atoms with Gasteiger partial charge in [-0.3, -0.25) is 0 Å². The molecule has 0 aliphatic carbocycles. The Kier molecular flexibility index (Phi) is 8.64. The van der Waals surface area contributed by atoms with Crippen LogP contribution in [0.1, 0.15) is 52.4 Å². The van der Waals surface area contributed by atoms with Gasteiger partial charge in [0.2, 0.25) is 0 Å². The van der Waals surface area contributed by atoms with Crippen molar-refractivity contribution in [2.24, 2.45) is 11.7 Å². The molecule has 1 unspecified atom stereocenters. The van der Waals surface area contributed by atoms with Crippen molar-refractivity contribution in [2.45, 2.75) is 58.5 Å². The van der Waals surface area contributed by atoms with Crippen molar-refractivity contribution in [1.29, 1.82) is 0 Å². The Morgan fingerprint density at radius 3 is 2.50 bits per heavy atom. The van der Waals surface area contributed by atoms with E-state index in [1.165, 1.54) is 58.2 Å². The lowest BCUT2D eigenvalue weighted by Gasteiger charge is -2.32. The Hall–Kier alpha value is -0.120. The summed E-state index contributed by atoms with van der Waals surface area (Å²) in [6.07, 6.45) is 8.11. The highest BCUT2D eigenvalue weighted by molar-refractivity contribution is 4.72. The van der Waals surface area contributed by atoms with Gasteiger partial charge in [-0.15, -0.1) is 0 Å². The van der Waals surface area contributed by atoms with Crippen molar-refractivity contribution in [3.8, 4) is 0 Å². The molecule has 18 heavy (non-hydrogen) atoms. The van der Waals surface area contributed by atoms with E-state index >= 15 is 0 Å². The smallest absolute Gasteiger partial charge is 0.0599 e. The Morgan fingerprint density at radius 1 is 1.22 bits per heavy atom. The standard InChI is InChI=1S/C15H32N2O/c1-3-14(7-10-16)6-5-11-17-12-8-15(9-13-17)18-4-2/h14-15H,3-13,16H2,1-2H3. The van der Waals surface area contributed by atoms with Gasteiger partial charge in [0.25, 0.3) is 0 Å². The van der Waals surface area contributed by atoms with Gasteiger partial charge in [-0.25, -0.2) is 0 Å². The van der Waals surface area contributed by atoms with E-state index in [2.05, 4.69) is 18.7 Å². The van der Waals surface area contributed by atoms with E-state index in [9.17, 15) is 0 Å². The predicted octanol–water partition coefficient (Wildman–Crippen LogP) is 2.64. The molecule has 0 bridgehead atoms. The van der Waals surface area contributed by atoms with Crippen molar-refractivity contribution >= 4 is 0 Å². The second-order valence-corrected chi connectivity index (χ2v) is 5.49. The lowest BCUT2D eigenvalue weighted by atomic mass is 9.96. The number of hydrogen-bond acceptors (Lipinski definition) is 3. The third kappa shape index (κ3) is 6.17. The molecule has 3 heteroatoms. The van der Waals surface area contributed by atoms with Crippen molar-refractivity contribution in [2.75, 3.05) is 32.8 Å². The van der Waals surface area contributed by atoms with Gasteiger partial charge in [0.05, 0.1) is 6.10 Å². The lowest BCUT2D eigenvalue weighted by molar-refractivity contribution is 0.0138. The maximum Gasteiger partial charge on any atom is 0.0599 e. The topological polar surface area (TPSA) is 38.5 Å². The SMILES string of the molecule is CCOC1CCN(CCCC(CC)CCN)CC1. The van der Waals surface area contributed by atoms with E-state index in [1.807, 2.05) is 0 Å². The Bertz CT molecular complexity index is 191. The van der Waals surface area contributed by atoms with Crippen LogP contribution in [0.5, 0.6) is 0 Å². The Morgan fingerprint density at radius 2 is 1.94 bits per heavy atom. The van der Waals surface area contributed by atoms with Crippen LogP contribution >= 0.6 is 0 Å². The fourth-order valence-corrected chi connectivity index (χ4v) is 2.93. The number of likely N-dealkylation sites (tertiary alicyclic amines) is 1. The molecule has 1 saturated heterocycles. The second kappa shape index (κ2) is 9.76. The molecule has 108 valence electrons. The van der Waals surface area contributed by atoms with Crippen LogP contribution in [0, 0.1) is 5.92 Å². The molecule has 1 aliphatic heterocycles. The van der Waals surface area contributed by atoms with Gasteiger partial charge < -0.3 is 15.4 Å². The van der Waals surface area contributed by atoms with Crippen LogP contribution in [-0.2, 0) is 4.74 Å². The van der Waals surface area contributed by atoms with E-state index in [0.717, 1.165) is 19.1 Å². The number of rotatable bonds is 9. The summed E-state index contributed by atoms with van der Waals surface area (Å²) >= 11 is 0. The van der Waals surface area contributed by atoms with Crippen molar-refractivity contribution in [3.05, 3.63) is 0 Å². The van der Waals surface area contributed by atoms with Crippen LogP contribution in [0.4, 0.5) is 0 Å². The first-order valence-corrected chi connectivity index (χ1v) is 7.84. The number of piperidine rings is 1. The van der Waals surface area contributed by atoms with Gasteiger partial charge in [0.15, 0.2) is 0 Å². The minimum absolute atomic E-state index is 0.520. The van der Waals surface area contributed by atoms with Crippen molar-refractivity contribution in [3.63, 3.8) is 0 Å². The maximum absolute atomic E-state index is 5.68. The average molecular weight is 256 g/mol. The molecule has 1 fully saturated rings. The third-order valence-electron chi connectivity index (χ3n) is 4.18. The molecule has 1 rings (SSSR count). The predicted molar refractivity (Wildman–Crippen MR) is 77.8 cm³/mol. The van der Waals surface area contributed by atoms with Crippen LogP contribution in [0.25, 0.3) is 0 Å². The van der Waals surface area contributed by atoms with E-state index in [1.54, 1.807) is 0 Å². The third-order valence-corrected chi connectivity index (χ3v) is 4.18. The summed E-state index contributed by atoms with van der Waals surface area (Å²) in [4.78, 5) is 2.60. The first kappa shape index (κ1) is 15.9. The minimum Gasteiger partial charge on any atom is -0.378 e. The quantitative estimate of drug-likeness (QED) is 0.689. The highest BCUT2D eigenvalue weighted by Crippen LogP contribution is 2.17.